The van der Waals surface area contributed by atoms with Crippen LogP contribution in [0.25, 0.3) is 0 Å². The molecule has 2 rings (SSSR count). The number of carbonyl (C=O) groups excluding carboxylic acids is 2. The van der Waals surface area contributed by atoms with Crippen LogP contribution in [-0.4, -0.2) is 23.1 Å². The Kier molecular flexibility index (Phi) is 4.48. The molecule has 1 heterocycles. The van der Waals surface area contributed by atoms with Crippen molar-refractivity contribution >= 4 is 23.6 Å². The van der Waals surface area contributed by atoms with E-state index in [-0.39, 0.29) is 11.9 Å². The van der Waals surface area contributed by atoms with E-state index in [9.17, 15) is 14.9 Å². The minimum atomic E-state index is -0.915. The van der Waals surface area contributed by atoms with Gasteiger partial charge in [-0.25, -0.2) is 0 Å². The van der Waals surface area contributed by atoms with Gasteiger partial charge >= 0.3 is 0 Å². The summed E-state index contributed by atoms with van der Waals surface area (Å²) in [6.45, 7) is 5.14. The molecule has 2 aliphatic rings. The molecule has 0 aromatic rings. The zero-order valence-electron chi connectivity index (χ0n) is 12.8. The lowest BCUT2D eigenvalue weighted by Crippen LogP contribution is -2.45. The Bertz CT molecular complexity index is 622. The molecular weight excluding hydrogens is 300 g/mol. The van der Waals surface area contributed by atoms with Crippen LogP contribution in [0.3, 0.4) is 0 Å². The number of amides is 2. The van der Waals surface area contributed by atoms with Crippen molar-refractivity contribution in [2.75, 3.05) is 0 Å². The quantitative estimate of drug-likeness (QED) is 0.815. The molecule has 2 N–H and O–H groups in total. The molecule has 1 aliphatic heterocycles. The number of nitrogens with zero attached hydrogens (tertiary/aromatic N) is 2. The Labute approximate surface area is 133 Å². The molecule has 0 aromatic carbocycles. The zero-order valence-corrected chi connectivity index (χ0v) is 13.6. The van der Waals surface area contributed by atoms with Crippen molar-refractivity contribution in [3.63, 3.8) is 0 Å². The molecule has 0 aromatic heterocycles. The minimum Gasteiger partial charge on any atom is -0.352 e. The van der Waals surface area contributed by atoms with Crippen LogP contribution in [0, 0.1) is 34.0 Å². The lowest BCUT2D eigenvalue weighted by Gasteiger charge is -2.35. The molecule has 0 unspecified atom stereocenters. The molecule has 0 bridgehead atoms. The van der Waals surface area contributed by atoms with Crippen molar-refractivity contribution in [1.82, 2.24) is 10.6 Å². The van der Waals surface area contributed by atoms with Gasteiger partial charge in [-0.3, -0.25) is 9.59 Å². The van der Waals surface area contributed by atoms with Gasteiger partial charge in [0.1, 0.15) is 5.92 Å². The van der Waals surface area contributed by atoms with Gasteiger partial charge in [-0.05, 0) is 19.8 Å². The number of carbonyl (C=O) groups is 2. The Morgan fingerprint density at radius 3 is 2.59 bits per heavy atom. The fraction of sp³-hybridized carbons (Fsp3) is 0.600. The highest BCUT2D eigenvalue weighted by molar-refractivity contribution is 8.04. The van der Waals surface area contributed by atoms with E-state index in [1.54, 1.807) is 20.8 Å². The summed E-state index contributed by atoms with van der Waals surface area (Å²) in [5.41, 5.74) is -0.532. The number of allylic oxidation sites excluding steroid dienone is 1. The predicted octanol–water partition coefficient (Wildman–Crippen LogP) is 1.42. The smallest absolute Gasteiger partial charge is 0.243 e. The van der Waals surface area contributed by atoms with E-state index in [1.807, 2.05) is 6.07 Å². The molecule has 0 spiro atoms. The molecule has 1 fully saturated rings. The Hall–Kier alpha value is -1.99. The van der Waals surface area contributed by atoms with Crippen LogP contribution in [0.2, 0.25) is 0 Å². The number of nitriles is 2. The lowest BCUT2D eigenvalue weighted by molar-refractivity contribution is -0.125. The van der Waals surface area contributed by atoms with Crippen molar-refractivity contribution in [2.24, 2.45) is 11.3 Å². The number of thioether (sulfide) groups is 1. The van der Waals surface area contributed by atoms with Crippen LogP contribution in [-0.2, 0) is 9.59 Å². The Balaban J connectivity index is 2.22. The Morgan fingerprint density at radius 2 is 2.09 bits per heavy atom. The van der Waals surface area contributed by atoms with E-state index in [1.165, 1.54) is 0 Å². The second-order valence-corrected chi connectivity index (χ2v) is 7.48. The van der Waals surface area contributed by atoms with Gasteiger partial charge in [-0.15, -0.1) is 0 Å². The first-order valence-corrected chi connectivity index (χ1v) is 8.01. The fourth-order valence-corrected chi connectivity index (χ4v) is 3.41. The number of rotatable bonds is 4. The molecule has 6 nitrogen and oxygen atoms in total. The van der Waals surface area contributed by atoms with Gasteiger partial charge in [0.15, 0.2) is 0 Å². The van der Waals surface area contributed by atoms with E-state index >= 15 is 0 Å². The van der Waals surface area contributed by atoms with E-state index in [0.29, 0.717) is 10.6 Å². The number of nitrogens with one attached hydrogen (secondary N) is 2. The number of hydrogen-bond acceptors (Lipinski definition) is 5. The molecular formula is C15H18N4O2S. The van der Waals surface area contributed by atoms with E-state index < -0.39 is 22.5 Å². The van der Waals surface area contributed by atoms with Gasteiger partial charge in [0, 0.05) is 11.5 Å². The summed E-state index contributed by atoms with van der Waals surface area (Å²) in [5.74, 6) is -1.45. The SMILES string of the molecule is C[C@H](SC1=C(C#N)C(C)(C)[C@@H](C#N)C(=O)N1)C(=O)NC1CC1. The largest absolute Gasteiger partial charge is 0.352 e. The average molecular weight is 318 g/mol. The lowest BCUT2D eigenvalue weighted by atomic mass is 9.72. The normalized spacial score (nSPS) is 24.8. The van der Waals surface area contributed by atoms with Gasteiger partial charge in [0.05, 0.1) is 28.0 Å². The summed E-state index contributed by atoms with van der Waals surface area (Å²) in [5, 5.41) is 24.0. The minimum absolute atomic E-state index is 0.105. The van der Waals surface area contributed by atoms with Gasteiger partial charge < -0.3 is 10.6 Å². The highest BCUT2D eigenvalue weighted by Crippen LogP contribution is 2.42. The fourth-order valence-electron chi connectivity index (χ4n) is 2.29. The first-order valence-electron chi connectivity index (χ1n) is 7.13. The third kappa shape index (κ3) is 3.10. The molecule has 0 saturated heterocycles. The summed E-state index contributed by atoms with van der Waals surface area (Å²) in [4.78, 5) is 24.1. The second kappa shape index (κ2) is 6.02. The van der Waals surface area contributed by atoms with Crippen molar-refractivity contribution in [2.45, 2.75) is 44.9 Å². The molecule has 1 saturated carbocycles. The van der Waals surface area contributed by atoms with Crippen LogP contribution in [0.4, 0.5) is 0 Å². The summed E-state index contributed by atoms with van der Waals surface area (Å²) >= 11 is 1.15. The van der Waals surface area contributed by atoms with Crippen molar-refractivity contribution < 1.29 is 9.59 Å². The second-order valence-electron chi connectivity index (χ2n) is 6.13. The maximum Gasteiger partial charge on any atom is 0.243 e. The molecule has 7 heteroatoms. The van der Waals surface area contributed by atoms with Crippen LogP contribution in [0.1, 0.15) is 33.6 Å². The number of hydrogen-bond donors (Lipinski definition) is 2. The molecule has 0 radical (unpaired) electrons. The predicted molar refractivity (Wildman–Crippen MR) is 81.9 cm³/mol. The van der Waals surface area contributed by atoms with Gasteiger partial charge in [-0.1, -0.05) is 25.6 Å². The van der Waals surface area contributed by atoms with E-state index in [4.69, 9.17) is 5.26 Å². The summed E-state index contributed by atoms with van der Waals surface area (Å²) in [6, 6.07) is 4.31. The molecule has 1 aliphatic carbocycles. The van der Waals surface area contributed by atoms with Crippen molar-refractivity contribution in [1.29, 1.82) is 10.5 Å². The van der Waals surface area contributed by atoms with E-state index in [2.05, 4.69) is 16.7 Å². The topological polar surface area (TPSA) is 106 Å². The highest BCUT2D eigenvalue weighted by Gasteiger charge is 2.45. The average Bonchev–Trinajstić information content (AvgIpc) is 3.22. The standard InChI is InChI=1S/C15H18N4O2S/c1-8(12(20)18-9-4-5-9)22-14-11(7-17)15(2,3)10(6-16)13(21)19-14/h8-10H,4-5H2,1-3H3,(H,18,20)(H,19,21)/t8-,10-/m0/s1. The maximum absolute atomic E-state index is 12.1. The van der Waals surface area contributed by atoms with Crippen molar-refractivity contribution in [3.8, 4) is 12.1 Å². The van der Waals surface area contributed by atoms with Crippen LogP contribution >= 0.6 is 11.8 Å². The summed E-state index contributed by atoms with van der Waals surface area (Å²) in [7, 11) is 0. The monoisotopic (exact) mass is 318 g/mol. The molecule has 2 atom stereocenters. The molecule has 2 amide bonds. The van der Waals surface area contributed by atoms with Gasteiger partial charge in [0.25, 0.3) is 0 Å². The van der Waals surface area contributed by atoms with Crippen LogP contribution in [0.15, 0.2) is 10.6 Å². The first kappa shape index (κ1) is 16.4. The van der Waals surface area contributed by atoms with Gasteiger partial charge in [-0.2, -0.15) is 10.5 Å². The zero-order chi connectivity index (χ0) is 16.5. The van der Waals surface area contributed by atoms with E-state index in [0.717, 1.165) is 24.6 Å². The first-order chi connectivity index (χ1) is 10.3. The third-order valence-electron chi connectivity index (χ3n) is 3.92. The Morgan fingerprint density at radius 1 is 1.45 bits per heavy atom. The maximum atomic E-state index is 12.1. The molecule has 116 valence electrons. The highest BCUT2D eigenvalue weighted by atomic mass is 32.2. The van der Waals surface area contributed by atoms with Gasteiger partial charge in [0.2, 0.25) is 11.8 Å². The summed E-state index contributed by atoms with van der Waals surface area (Å²) in [6.07, 6.45) is 2.01. The molecule has 22 heavy (non-hydrogen) atoms. The van der Waals surface area contributed by atoms with Crippen LogP contribution in [0.5, 0.6) is 0 Å². The van der Waals surface area contributed by atoms with Crippen molar-refractivity contribution in [3.05, 3.63) is 10.6 Å². The van der Waals surface area contributed by atoms with Crippen LogP contribution < -0.4 is 10.6 Å². The summed E-state index contributed by atoms with van der Waals surface area (Å²) < 4.78 is 0. The third-order valence-corrected chi connectivity index (χ3v) is 5.03.